The van der Waals surface area contributed by atoms with Crippen molar-refractivity contribution in [2.75, 3.05) is 25.4 Å². The number of piperidine rings is 1. The summed E-state index contributed by atoms with van der Waals surface area (Å²) in [5.41, 5.74) is 0. The van der Waals surface area contributed by atoms with Crippen LogP contribution in [0.25, 0.3) is 0 Å². The molecule has 22 heavy (non-hydrogen) atoms. The number of sulfonamides is 1. The summed E-state index contributed by atoms with van der Waals surface area (Å²) in [6, 6.07) is -0.753. The van der Waals surface area contributed by atoms with Crippen LogP contribution in [0, 0.1) is 0 Å². The lowest BCUT2D eigenvalue weighted by Gasteiger charge is -2.33. The molecule has 1 atom stereocenters. The Bertz CT molecular complexity index is 513. The van der Waals surface area contributed by atoms with Crippen molar-refractivity contribution in [2.24, 2.45) is 0 Å². The Kier molecular flexibility index (Phi) is 5.80. The molecule has 0 saturated carbocycles. The molecule has 1 amide bonds. The van der Waals surface area contributed by atoms with Gasteiger partial charge in [-0.15, -0.1) is 0 Å². The average molecular weight is 332 g/mol. The van der Waals surface area contributed by atoms with Crippen LogP contribution in [0.1, 0.15) is 44.9 Å². The molecule has 0 aromatic heterocycles. The first-order chi connectivity index (χ1) is 10.4. The van der Waals surface area contributed by atoms with Crippen LogP contribution in [0.5, 0.6) is 0 Å². The standard InChI is InChI=1S/C14H24N2O5S/c17-13(16-10-2-1-6-12(16)14(18)19)7-5-11-22(20,21)15-8-3-4-9-15/h12H,1-11H2,(H,18,19). The van der Waals surface area contributed by atoms with Gasteiger partial charge in [0.1, 0.15) is 6.04 Å². The molecule has 0 radical (unpaired) electrons. The van der Waals surface area contributed by atoms with Crippen LogP contribution in [-0.4, -0.2) is 66.0 Å². The van der Waals surface area contributed by atoms with E-state index in [0.29, 0.717) is 26.1 Å². The highest BCUT2D eigenvalue weighted by Gasteiger charge is 2.32. The SMILES string of the molecule is O=C(O)C1CCCCN1C(=O)CCCS(=O)(=O)N1CCCC1. The molecule has 2 saturated heterocycles. The highest BCUT2D eigenvalue weighted by atomic mass is 32.2. The molecule has 1 unspecified atom stereocenters. The van der Waals surface area contributed by atoms with Crippen molar-refractivity contribution >= 4 is 21.9 Å². The molecule has 0 aromatic carbocycles. The minimum Gasteiger partial charge on any atom is -0.480 e. The van der Waals surface area contributed by atoms with Crippen molar-refractivity contribution in [3.05, 3.63) is 0 Å². The molecule has 8 heteroatoms. The number of carbonyl (C=O) groups excluding carboxylic acids is 1. The highest BCUT2D eigenvalue weighted by Crippen LogP contribution is 2.19. The van der Waals surface area contributed by atoms with Gasteiger partial charge in [-0.1, -0.05) is 0 Å². The van der Waals surface area contributed by atoms with E-state index >= 15 is 0 Å². The van der Waals surface area contributed by atoms with Gasteiger partial charge in [-0.25, -0.2) is 17.5 Å². The maximum atomic E-state index is 12.2. The van der Waals surface area contributed by atoms with E-state index in [-0.39, 0.29) is 24.5 Å². The fourth-order valence-corrected chi connectivity index (χ4v) is 4.71. The third-order valence-electron chi connectivity index (χ3n) is 4.36. The molecular weight excluding hydrogens is 308 g/mol. The number of nitrogens with zero attached hydrogens (tertiary/aromatic N) is 2. The normalized spacial score (nSPS) is 23.6. The topological polar surface area (TPSA) is 95.0 Å². The average Bonchev–Trinajstić information content (AvgIpc) is 3.02. The summed E-state index contributed by atoms with van der Waals surface area (Å²) in [7, 11) is -3.27. The number of amides is 1. The Morgan fingerprint density at radius 1 is 1.05 bits per heavy atom. The summed E-state index contributed by atoms with van der Waals surface area (Å²) in [6.45, 7) is 1.60. The second-order valence-electron chi connectivity index (χ2n) is 5.96. The monoisotopic (exact) mass is 332 g/mol. The lowest BCUT2D eigenvalue weighted by molar-refractivity contribution is -0.152. The van der Waals surface area contributed by atoms with Crippen LogP contribution >= 0.6 is 0 Å². The molecule has 0 bridgehead atoms. The molecule has 2 aliphatic rings. The summed E-state index contributed by atoms with van der Waals surface area (Å²) in [5, 5.41) is 9.16. The molecule has 126 valence electrons. The van der Waals surface area contributed by atoms with Gasteiger partial charge in [0, 0.05) is 26.1 Å². The lowest BCUT2D eigenvalue weighted by atomic mass is 10.0. The second kappa shape index (κ2) is 7.41. The van der Waals surface area contributed by atoms with Gasteiger partial charge in [0.25, 0.3) is 0 Å². The van der Waals surface area contributed by atoms with Crippen LogP contribution in [0.3, 0.4) is 0 Å². The largest absolute Gasteiger partial charge is 0.480 e. The molecule has 0 aromatic rings. The summed E-state index contributed by atoms with van der Waals surface area (Å²) in [4.78, 5) is 24.8. The Balaban J connectivity index is 1.83. The van der Waals surface area contributed by atoms with E-state index in [1.807, 2.05) is 0 Å². The third-order valence-corrected chi connectivity index (χ3v) is 6.32. The van der Waals surface area contributed by atoms with E-state index in [1.165, 1.54) is 9.21 Å². The zero-order valence-corrected chi connectivity index (χ0v) is 13.6. The molecule has 2 fully saturated rings. The van der Waals surface area contributed by atoms with Crippen molar-refractivity contribution in [3.8, 4) is 0 Å². The lowest BCUT2D eigenvalue weighted by Crippen LogP contribution is -2.48. The second-order valence-corrected chi connectivity index (χ2v) is 8.05. The minimum atomic E-state index is -3.27. The van der Waals surface area contributed by atoms with Crippen molar-refractivity contribution in [1.82, 2.24) is 9.21 Å². The molecule has 2 rings (SSSR count). The van der Waals surface area contributed by atoms with Crippen LogP contribution in [-0.2, 0) is 19.6 Å². The van der Waals surface area contributed by atoms with Gasteiger partial charge in [-0.3, -0.25) is 4.79 Å². The first kappa shape index (κ1) is 17.2. The molecule has 1 N–H and O–H groups in total. The molecule has 2 aliphatic heterocycles. The van der Waals surface area contributed by atoms with Crippen molar-refractivity contribution < 1.29 is 23.1 Å². The number of likely N-dealkylation sites (tertiary alicyclic amines) is 1. The predicted molar refractivity (Wildman–Crippen MR) is 80.8 cm³/mol. The van der Waals surface area contributed by atoms with Crippen LogP contribution in [0.4, 0.5) is 0 Å². The van der Waals surface area contributed by atoms with E-state index < -0.39 is 22.0 Å². The van der Waals surface area contributed by atoms with Crippen LogP contribution in [0.2, 0.25) is 0 Å². The maximum Gasteiger partial charge on any atom is 0.326 e. The third kappa shape index (κ3) is 4.19. The van der Waals surface area contributed by atoms with E-state index in [1.54, 1.807) is 0 Å². The zero-order chi connectivity index (χ0) is 16.2. The smallest absolute Gasteiger partial charge is 0.326 e. The number of carboxylic acid groups (broad SMARTS) is 1. The molecule has 0 aliphatic carbocycles. The molecule has 7 nitrogen and oxygen atoms in total. The summed E-state index contributed by atoms with van der Waals surface area (Å²) in [5.74, 6) is -1.26. The van der Waals surface area contributed by atoms with Gasteiger partial charge >= 0.3 is 5.97 Å². The summed E-state index contributed by atoms with van der Waals surface area (Å²) < 4.78 is 25.6. The first-order valence-corrected chi connectivity index (χ1v) is 9.53. The first-order valence-electron chi connectivity index (χ1n) is 7.92. The van der Waals surface area contributed by atoms with Gasteiger partial charge in [-0.2, -0.15) is 0 Å². The Labute approximate surface area is 131 Å². The summed E-state index contributed by atoms with van der Waals surface area (Å²) in [6.07, 6.45) is 4.23. The van der Waals surface area contributed by atoms with Crippen molar-refractivity contribution in [3.63, 3.8) is 0 Å². The molecule has 0 spiro atoms. The fourth-order valence-electron chi connectivity index (χ4n) is 3.13. The van der Waals surface area contributed by atoms with Crippen molar-refractivity contribution in [1.29, 1.82) is 0 Å². The molecular formula is C14H24N2O5S. The van der Waals surface area contributed by atoms with E-state index in [2.05, 4.69) is 0 Å². The Morgan fingerprint density at radius 2 is 1.68 bits per heavy atom. The summed E-state index contributed by atoms with van der Waals surface area (Å²) >= 11 is 0. The number of hydrogen-bond donors (Lipinski definition) is 1. The number of hydrogen-bond acceptors (Lipinski definition) is 4. The zero-order valence-electron chi connectivity index (χ0n) is 12.7. The number of rotatable bonds is 6. The van der Waals surface area contributed by atoms with E-state index in [4.69, 9.17) is 5.11 Å². The fraction of sp³-hybridized carbons (Fsp3) is 0.857. The Morgan fingerprint density at radius 3 is 2.32 bits per heavy atom. The van der Waals surface area contributed by atoms with Crippen LogP contribution in [0.15, 0.2) is 0 Å². The van der Waals surface area contributed by atoms with Gasteiger partial charge < -0.3 is 10.0 Å². The highest BCUT2D eigenvalue weighted by molar-refractivity contribution is 7.89. The van der Waals surface area contributed by atoms with Crippen LogP contribution < -0.4 is 0 Å². The molecule has 2 heterocycles. The van der Waals surface area contributed by atoms with Crippen molar-refractivity contribution in [2.45, 2.75) is 51.0 Å². The minimum absolute atomic E-state index is 0.0374. The Hall–Kier alpha value is -1.15. The number of carbonyl (C=O) groups is 2. The maximum absolute atomic E-state index is 12.2. The van der Waals surface area contributed by atoms with Gasteiger partial charge in [0.15, 0.2) is 0 Å². The predicted octanol–water partition coefficient (Wildman–Crippen LogP) is 0.658. The van der Waals surface area contributed by atoms with Gasteiger partial charge in [0.2, 0.25) is 15.9 Å². The van der Waals surface area contributed by atoms with E-state index in [9.17, 15) is 18.0 Å². The van der Waals surface area contributed by atoms with Gasteiger partial charge in [-0.05, 0) is 38.5 Å². The van der Waals surface area contributed by atoms with E-state index in [0.717, 1.165) is 25.7 Å². The number of carboxylic acids is 1. The quantitative estimate of drug-likeness (QED) is 0.771. The van der Waals surface area contributed by atoms with Gasteiger partial charge in [0.05, 0.1) is 5.75 Å². The number of aliphatic carboxylic acids is 1.